The maximum atomic E-state index is 12.2. The van der Waals surface area contributed by atoms with Crippen LogP contribution in [0.1, 0.15) is 31.4 Å². The zero-order valence-corrected chi connectivity index (χ0v) is 14.3. The van der Waals surface area contributed by atoms with Crippen molar-refractivity contribution in [2.24, 2.45) is 5.92 Å². The van der Waals surface area contributed by atoms with Gasteiger partial charge in [-0.3, -0.25) is 0 Å². The van der Waals surface area contributed by atoms with Crippen molar-refractivity contribution in [2.75, 3.05) is 6.54 Å². The molecule has 0 saturated heterocycles. The van der Waals surface area contributed by atoms with Crippen LogP contribution >= 0.6 is 15.9 Å². The maximum absolute atomic E-state index is 12.2. The van der Waals surface area contributed by atoms with Crippen LogP contribution in [-0.4, -0.2) is 19.8 Å². The molecule has 0 aliphatic rings. The first-order valence-electron chi connectivity index (χ1n) is 6.43. The molecule has 0 heterocycles. The monoisotopic (exact) mass is 347 g/mol. The Bertz CT molecular complexity index is 526. The normalized spacial score (nSPS) is 13.8. The standard InChI is InChI=1S/C14H22BrNO2S/c1-10(2)7-13(15)9-16-19(17,18)14-6-5-11(3)8-12(14)4/h5-6,8,10,13,16H,7,9H2,1-4H3. The highest BCUT2D eigenvalue weighted by Gasteiger charge is 2.18. The van der Waals surface area contributed by atoms with Crippen molar-refractivity contribution in [3.63, 3.8) is 0 Å². The smallest absolute Gasteiger partial charge is 0.210 e. The molecule has 0 aromatic heterocycles. The summed E-state index contributed by atoms with van der Waals surface area (Å²) >= 11 is 3.51. The van der Waals surface area contributed by atoms with Crippen LogP contribution in [0.2, 0.25) is 0 Å². The lowest BCUT2D eigenvalue weighted by Gasteiger charge is -2.14. The van der Waals surface area contributed by atoms with Gasteiger partial charge in [-0.15, -0.1) is 0 Å². The molecular formula is C14H22BrNO2S. The molecule has 0 radical (unpaired) electrons. The van der Waals surface area contributed by atoms with Gasteiger partial charge in [0.1, 0.15) is 0 Å². The van der Waals surface area contributed by atoms with Gasteiger partial charge < -0.3 is 0 Å². The molecule has 0 spiro atoms. The predicted molar refractivity (Wildman–Crippen MR) is 83.3 cm³/mol. The van der Waals surface area contributed by atoms with Gasteiger partial charge in [-0.1, -0.05) is 47.5 Å². The minimum atomic E-state index is -3.42. The zero-order valence-electron chi connectivity index (χ0n) is 11.9. The number of aryl methyl sites for hydroxylation is 2. The first-order valence-corrected chi connectivity index (χ1v) is 8.83. The molecular weight excluding hydrogens is 326 g/mol. The highest BCUT2D eigenvalue weighted by molar-refractivity contribution is 9.09. The summed E-state index contributed by atoms with van der Waals surface area (Å²) in [6, 6.07) is 5.37. The van der Waals surface area contributed by atoms with Gasteiger partial charge in [-0.2, -0.15) is 0 Å². The summed E-state index contributed by atoms with van der Waals surface area (Å²) in [7, 11) is -3.42. The quantitative estimate of drug-likeness (QED) is 0.801. The van der Waals surface area contributed by atoms with E-state index in [1.165, 1.54) is 0 Å². The average molecular weight is 348 g/mol. The van der Waals surface area contributed by atoms with E-state index in [9.17, 15) is 8.42 Å². The predicted octanol–water partition coefficient (Wildman–Crippen LogP) is 3.39. The van der Waals surface area contributed by atoms with Gasteiger partial charge in [0, 0.05) is 11.4 Å². The van der Waals surface area contributed by atoms with Gasteiger partial charge in [0.05, 0.1) is 4.90 Å². The Labute approximate surface area is 125 Å². The lowest BCUT2D eigenvalue weighted by Crippen LogP contribution is -2.30. The highest BCUT2D eigenvalue weighted by Crippen LogP contribution is 2.17. The summed E-state index contributed by atoms with van der Waals surface area (Å²) in [6.45, 7) is 8.42. The number of halogens is 1. The van der Waals surface area contributed by atoms with Gasteiger partial charge in [-0.05, 0) is 37.8 Å². The Kier molecular flexibility index (Phi) is 6.02. The van der Waals surface area contributed by atoms with Crippen molar-refractivity contribution in [1.29, 1.82) is 0 Å². The van der Waals surface area contributed by atoms with E-state index in [-0.39, 0.29) is 4.83 Å². The van der Waals surface area contributed by atoms with E-state index in [4.69, 9.17) is 0 Å². The fourth-order valence-corrected chi connectivity index (χ4v) is 4.40. The number of sulfonamides is 1. The van der Waals surface area contributed by atoms with E-state index in [2.05, 4.69) is 34.5 Å². The molecule has 1 rings (SSSR count). The third kappa shape index (κ3) is 5.24. The SMILES string of the molecule is Cc1ccc(S(=O)(=O)NCC(Br)CC(C)C)c(C)c1. The second-order valence-electron chi connectivity index (χ2n) is 5.35. The van der Waals surface area contributed by atoms with Crippen molar-refractivity contribution in [1.82, 2.24) is 4.72 Å². The molecule has 1 unspecified atom stereocenters. The lowest BCUT2D eigenvalue weighted by atomic mass is 10.1. The molecule has 19 heavy (non-hydrogen) atoms. The van der Waals surface area contributed by atoms with Crippen LogP contribution in [0, 0.1) is 19.8 Å². The van der Waals surface area contributed by atoms with Crippen molar-refractivity contribution < 1.29 is 8.42 Å². The summed E-state index contributed by atoms with van der Waals surface area (Å²) in [5, 5.41) is 0. The molecule has 0 fully saturated rings. The van der Waals surface area contributed by atoms with Crippen molar-refractivity contribution in [3.8, 4) is 0 Å². The van der Waals surface area contributed by atoms with E-state index in [1.54, 1.807) is 6.07 Å². The first-order chi connectivity index (χ1) is 8.72. The largest absolute Gasteiger partial charge is 0.240 e. The van der Waals surface area contributed by atoms with Crippen LogP contribution in [0.5, 0.6) is 0 Å². The summed E-state index contributed by atoms with van der Waals surface area (Å²) in [4.78, 5) is 0.523. The molecule has 0 amide bonds. The number of hydrogen-bond acceptors (Lipinski definition) is 2. The molecule has 1 N–H and O–H groups in total. The maximum Gasteiger partial charge on any atom is 0.240 e. The van der Waals surface area contributed by atoms with Gasteiger partial charge >= 0.3 is 0 Å². The third-order valence-corrected chi connectivity index (χ3v) is 5.12. The molecule has 5 heteroatoms. The fraction of sp³-hybridized carbons (Fsp3) is 0.571. The van der Waals surface area contributed by atoms with Crippen molar-refractivity contribution in [2.45, 2.75) is 43.8 Å². The Morgan fingerprint density at radius 3 is 2.42 bits per heavy atom. The molecule has 0 bridgehead atoms. The Hall–Kier alpha value is -0.390. The van der Waals surface area contributed by atoms with Crippen LogP contribution in [0.25, 0.3) is 0 Å². The lowest BCUT2D eigenvalue weighted by molar-refractivity contribution is 0.551. The second-order valence-corrected chi connectivity index (χ2v) is 8.38. The number of alkyl halides is 1. The van der Waals surface area contributed by atoms with Gasteiger partial charge in [-0.25, -0.2) is 13.1 Å². The van der Waals surface area contributed by atoms with Crippen LogP contribution in [0.3, 0.4) is 0 Å². The molecule has 0 saturated carbocycles. The minimum absolute atomic E-state index is 0.160. The average Bonchev–Trinajstić information content (AvgIpc) is 2.25. The Morgan fingerprint density at radius 1 is 1.26 bits per heavy atom. The van der Waals surface area contributed by atoms with Gasteiger partial charge in [0.2, 0.25) is 10.0 Å². The summed E-state index contributed by atoms with van der Waals surface area (Å²) in [5.74, 6) is 0.537. The summed E-state index contributed by atoms with van der Waals surface area (Å²) in [5.41, 5.74) is 1.84. The molecule has 3 nitrogen and oxygen atoms in total. The molecule has 0 aliphatic carbocycles. The number of nitrogens with one attached hydrogen (secondary N) is 1. The van der Waals surface area contributed by atoms with E-state index in [1.807, 2.05) is 26.0 Å². The van der Waals surface area contributed by atoms with E-state index in [0.29, 0.717) is 17.4 Å². The third-order valence-electron chi connectivity index (χ3n) is 2.84. The van der Waals surface area contributed by atoms with Crippen LogP contribution in [-0.2, 0) is 10.0 Å². The van der Waals surface area contributed by atoms with Crippen molar-refractivity contribution in [3.05, 3.63) is 29.3 Å². The molecule has 0 aliphatic heterocycles. The summed E-state index contributed by atoms with van der Waals surface area (Å²) in [6.07, 6.45) is 0.940. The van der Waals surface area contributed by atoms with Gasteiger partial charge in [0.25, 0.3) is 0 Å². The number of rotatable bonds is 6. The number of hydrogen-bond donors (Lipinski definition) is 1. The molecule has 1 aromatic rings. The fourth-order valence-electron chi connectivity index (χ4n) is 1.97. The Balaban J connectivity index is 2.76. The van der Waals surface area contributed by atoms with Crippen molar-refractivity contribution >= 4 is 26.0 Å². The van der Waals surface area contributed by atoms with Crippen LogP contribution < -0.4 is 4.72 Å². The number of benzene rings is 1. The topological polar surface area (TPSA) is 46.2 Å². The zero-order chi connectivity index (χ0) is 14.6. The van der Waals surface area contributed by atoms with E-state index >= 15 is 0 Å². The highest BCUT2D eigenvalue weighted by atomic mass is 79.9. The molecule has 108 valence electrons. The van der Waals surface area contributed by atoms with E-state index < -0.39 is 10.0 Å². The second kappa shape index (κ2) is 6.86. The first kappa shape index (κ1) is 16.7. The van der Waals surface area contributed by atoms with Gasteiger partial charge in [0.15, 0.2) is 0 Å². The van der Waals surface area contributed by atoms with Crippen LogP contribution in [0.15, 0.2) is 23.1 Å². The molecule has 1 atom stereocenters. The van der Waals surface area contributed by atoms with E-state index in [0.717, 1.165) is 17.5 Å². The van der Waals surface area contributed by atoms with Crippen LogP contribution in [0.4, 0.5) is 0 Å². The summed E-state index contributed by atoms with van der Waals surface area (Å²) < 4.78 is 27.1. The molecule has 1 aromatic carbocycles. The minimum Gasteiger partial charge on any atom is -0.210 e. The Morgan fingerprint density at radius 2 is 1.89 bits per heavy atom.